The maximum Gasteiger partial charge on any atom is 0.338 e. The molecule has 2 amide bonds. The summed E-state index contributed by atoms with van der Waals surface area (Å²) < 4.78 is 24.7. The molecule has 0 aliphatic carbocycles. The molecule has 2 fully saturated rings. The van der Waals surface area contributed by atoms with E-state index in [1.54, 1.807) is 25.7 Å². The number of halogens is 1. The zero-order valence-corrected chi connectivity index (χ0v) is 17.4. The fraction of sp³-hybridized carbons (Fsp3) is 0.571. The molecule has 9 heteroatoms. The predicted molar refractivity (Wildman–Crippen MR) is 105 cm³/mol. The number of benzene rings is 1. The Kier molecular flexibility index (Phi) is 6.42. The minimum absolute atomic E-state index is 0.0299. The number of anilines is 1. The first kappa shape index (κ1) is 22.2. The summed E-state index contributed by atoms with van der Waals surface area (Å²) in [5.41, 5.74) is -0.522. The zero-order valence-electron chi connectivity index (χ0n) is 17.4. The molecule has 0 spiro atoms. The molecule has 8 nitrogen and oxygen atoms in total. The molecule has 2 saturated heterocycles. The molecule has 2 atom stereocenters. The molecule has 0 bridgehead atoms. The highest BCUT2D eigenvalue weighted by atomic mass is 19.1. The number of amides is 2. The van der Waals surface area contributed by atoms with E-state index in [0.29, 0.717) is 13.1 Å². The molecule has 2 heterocycles. The van der Waals surface area contributed by atoms with Gasteiger partial charge < -0.3 is 24.4 Å². The van der Waals surface area contributed by atoms with Crippen LogP contribution in [0.2, 0.25) is 0 Å². The quantitative estimate of drug-likeness (QED) is 0.739. The van der Waals surface area contributed by atoms with Crippen molar-refractivity contribution in [3.8, 4) is 0 Å². The van der Waals surface area contributed by atoms with Gasteiger partial charge in [-0.1, -0.05) is 0 Å². The van der Waals surface area contributed by atoms with Gasteiger partial charge in [-0.05, 0) is 51.8 Å². The minimum Gasteiger partial charge on any atom is -0.458 e. The van der Waals surface area contributed by atoms with Gasteiger partial charge in [-0.2, -0.15) is 0 Å². The monoisotopic (exact) mass is 422 g/mol. The highest BCUT2D eigenvalue weighted by Gasteiger charge is 2.41. The first-order chi connectivity index (χ1) is 14.1. The summed E-state index contributed by atoms with van der Waals surface area (Å²) >= 11 is 0. The van der Waals surface area contributed by atoms with Crippen LogP contribution in [0, 0.1) is 5.82 Å². The minimum atomic E-state index is -1.82. The maximum atomic E-state index is 14.3. The Morgan fingerprint density at radius 2 is 1.87 bits per heavy atom. The third-order valence-electron chi connectivity index (χ3n) is 4.89. The molecule has 0 aromatic heterocycles. The van der Waals surface area contributed by atoms with Crippen molar-refractivity contribution in [3.05, 3.63) is 29.6 Å². The molecule has 164 valence electrons. The highest BCUT2D eigenvalue weighted by molar-refractivity contribution is 6.02. The van der Waals surface area contributed by atoms with Crippen molar-refractivity contribution < 1.29 is 33.4 Å². The Bertz CT molecular complexity index is 831. The van der Waals surface area contributed by atoms with E-state index in [1.807, 2.05) is 0 Å². The Hall–Kier alpha value is -2.52. The van der Waals surface area contributed by atoms with Crippen LogP contribution in [0.25, 0.3) is 0 Å². The van der Waals surface area contributed by atoms with Gasteiger partial charge in [-0.15, -0.1) is 0 Å². The first-order valence-corrected chi connectivity index (χ1v) is 10.0. The third kappa shape index (κ3) is 4.96. The molecule has 1 N–H and O–H groups in total. The van der Waals surface area contributed by atoms with E-state index in [1.165, 1.54) is 11.0 Å². The zero-order chi connectivity index (χ0) is 22.1. The van der Waals surface area contributed by atoms with Crippen LogP contribution < -0.4 is 4.90 Å². The number of nitrogens with zero attached hydrogens (tertiary/aromatic N) is 2. The largest absolute Gasteiger partial charge is 0.458 e. The second-order valence-corrected chi connectivity index (χ2v) is 8.46. The second-order valence-electron chi connectivity index (χ2n) is 8.46. The summed E-state index contributed by atoms with van der Waals surface area (Å²) in [6.45, 7) is 6.27. The van der Waals surface area contributed by atoms with E-state index < -0.39 is 35.5 Å². The van der Waals surface area contributed by atoms with Crippen molar-refractivity contribution in [2.45, 2.75) is 51.4 Å². The number of esters is 1. The smallest absolute Gasteiger partial charge is 0.338 e. The summed E-state index contributed by atoms with van der Waals surface area (Å²) in [4.78, 5) is 40.6. The molecule has 3 rings (SSSR count). The summed E-state index contributed by atoms with van der Waals surface area (Å²) in [6, 6.07) is 3.73. The van der Waals surface area contributed by atoms with Gasteiger partial charge in [0, 0.05) is 30.9 Å². The van der Waals surface area contributed by atoms with E-state index in [-0.39, 0.29) is 30.3 Å². The van der Waals surface area contributed by atoms with Crippen LogP contribution in [-0.4, -0.2) is 71.8 Å². The van der Waals surface area contributed by atoms with Gasteiger partial charge in [0.1, 0.15) is 11.4 Å². The van der Waals surface area contributed by atoms with E-state index >= 15 is 0 Å². The van der Waals surface area contributed by atoms with Gasteiger partial charge in [0.15, 0.2) is 12.2 Å². The SMILES string of the molecule is CC(C)(C)OC(=O)C(O)C1OCCN(c2cc(F)cc(C(=O)N3CCCC3)c2)C1=O. The second kappa shape index (κ2) is 8.69. The van der Waals surface area contributed by atoms with Crippen LogP contribution in [0.4, 0.5) is 10.1 Å². The number of ether oxygens (including phenoxy) is 2. The predicted octanol–water partition coefficient (Wildman–Crippen LogP) is 1.50. The van der Waals surface area contributed by atoms with Gasteiger partial charge in [0.05, 0.1) is 6.61 Å². The molecule has 1 aromatic carbocycles. The van der Waals surface area contributed by atoms with Crippen LogP contribution in [0.15, 0.2) is 18.2 Å². The number of hydrogen-bond donors (Lipinski definition) is 1. The average Bonchev–Trinajstić information content (AvgIpc) is 3.20. The first-order valence-electron chi connectivity index (χ1n) is 10.0. The van der Waals surface area contributed by atoms with E-state index in [4.69, 9.17) is 9.47 Å². The van der Waals surface area contributed by atoms with Crippen LogP contribution in [0.5, 0.6) is 0 Å². The number of carbonyl (C=O) groups is 3. The van der Waals surface area contributed by atoms with Crippen LogP contribution >= 0.6 is 0 Å². The number of aliphatic hydroxyl groups excluding tert-OH is 1. The van der Waals surface area contributed by atoms with Crippen LogP contribution in [-0.2, 0) is 19.1 Å². The van der Waals surface area contributed by atoms with E-state index in [0.717, 1.165) is 25.0 Å². The van der Waals surface area contributed by atoms with E-state index in [9.17, 15) is 23.9 Å². The molecule has 1 aromatic rings. The molecule has 2 unspecified atom stereocenters. The number of rotatable bonds is 4. The van der Waals surface area contributed by atoms with Crippen molar-refractivity contribution in [3.63, 3.8) is 0 Å². The molecule has 30 heavy (non-hydrogen) atoms. The number of aliphatic hydroxyl groups is 1. The van der Waals surface area contributed by atoms with Crippen molar-refractivity contribution in [1.29, 1.82) is 0 Å². The molecule has 0 radical (unpaired) electrons. The standard InChI is InChI=1S/C21H27FN2O6/c1-21(2,3)30-20(28)16(25)17-19(27)24(8-9-29-17)15-11-13(10-14(22)12-15)18(26)23-6-4-5-7-23/h10-12,16-17,25H,4-9H2,1-3H3. The maximum absolute atomic E-state index is 14.3. The number of carbonyl (C=O) groups excluding carboxylic acids is 3. The van der Waals surface area contributed by atoms with Crippen molar-refractivity contribution >= 4 is 23.5 Å². The van der Waals surface area contributed by atoms with Crippen LogP contribution in [0.3, 0.4) is 0 Å². The van der Waals surface area contributed by atoms with Gasteiger partial charge in [0.25, 0.3) is 11.8 Å². The number of morpholine rings is 1. The molecule has 2 aliphatic rings. The average molecular weight is 422 g/mol. The lowest BCUT2D eigenvalue weighted by Crippen LogP contribution is -2.55. The number of hydrogen-bond acceptors (Lipinski definition) is 6. The summed E-state index contributed by atoms with van der Waals surface area (Å²) in [7, 11) is 0. The normalized spacial score (nSPS) is 21.0. The van der Waals surface area contributed by atoms with E-state index in [2.05, 4.69) is 0 Å². The lowest BCUT2D eigenvalue weighted by molar-refractivity contribution is -0.177. The summed E-state index contributed by atoms with van der Waals surface area (Å²) in [5, 5.41) is 10.3. The van der Waals surface area contributed by atoms with Gasteiger partial charge in [-0.25, -0.2) is 9.18 Å². The fourth-order valence-corrected chi connectivity index (χ4v) is 3.53. The fourth-order valence-electron chi connectivity index (χ4n) is 3.53. The lowest BCUT2D eigenvalue weighted by Gasteiger charge is -2.34. The summed E-state index contributed by atoms with van der Waals surface area (Å²) in [5.74, 6) is -2.63. The Morgan fingerprint density at radius 3 is 2.50 bits per heavy atom. The molecular formula is C21H27FN2O6. The molecular weight excluding hydrogens is 395 g/mol. The number of likely N-dealkylation sites (tertiary alicyclic amines) is 1. The molecule has 0 saturated carbocycles. The summed E-state index contributed by atoms with van der Waals surface area (Å²) in [6.07, 6.45) is -1.49. The third-order valence-corrected chi connectivity index (χ3v) is 4.89. The Labute approximate surface area is 174 Å². The van der Waals surface area contributed by atoms with Crippen LogP contribution in [0.1, 0.15) is 44.0 Å². The van der Waals surface area contributed by atoms with Crippen molar-refractivity contribution in [1.82, 2.24) is 4.90 Å². The lowest BCUT2D eigenvalue weighted by atomic mass is 10.1. The van der Waals surface area contributed by atoms with Gasteiger partial charge in [0.2, 0.25) is 0 Å². The highest BCUT2D eigenvalue weighted by Crippen LogP contribution is 2.25. The van der Waals surface area contributed by atoms with Gasteiger partial charge in [-0.3, -0.25) is 9.59 Å². The Balaban J connectivity index is 1.80. The topological polar surface area (TPSA) is 96.4 Å². The van der Waals surface area contributed by atoms with Gasteiger partial charge >= 0.3 is 5.97 Å². The van der Waals surface area contributed by atoms with Crippen molar-refractivity contribution in [2.24, 2.45) is 0 Å². The Morgan fingerprint density at radius 1 is 1.20 bits per heavy atom. The van der Waals surface area contributed by atoms with Crippen molar-refractivity contribution in [2.75, 3.05) is 31.1 Å². The molecule has 2 aliphatic heterocycles.